The minimum absolute atomic E-state index is 0.713. The summed E-state index contributed by atoms with van der Waals surface area (Å²) in [6.07, 6.45) is 4.61. The van der Waals surface area contributed by atoms with Crippen LogP contribution in [0.25, 0.3) is 0 Å². The van der Waals surface area contributed by atoms with Crippen LogP contribution in [-0.4, -0.2) is 12.1 Å². The molecule has 1 rings (SSSR count). The summed E-state index contributed by atoms with van der Waals surface area (Å²) in [6, 6.07) is 0. The summed E-state index contributed by atoms with van der Waals surface area (Å²) < 4.78 is 5.04. The SMILES string of the molecule is CCC1=CC=C(C)OB1O. The van der Waals surface area contributed by atoms with Crippen LogP contribution in [0.5, 0.6) is 0 Å². The van der Waals surface area contributed by atoms with Crippen LogP contribution in [0.2, 0.25) is 0 Å². The lowest BCUT2D eigenvalue weighted by atomic mass is 9.75. The first-order valence-corrected chi connectivity index (χ1v) is 3.46. The van der Waals surface area contributed by atoms with Gasteiger partial charge in [0.15, 0.2) is 0 Å². The van der Waals surface area contributed by atoms with E-state index in [9.17, 15) is 5.02 Å². The standard InChI is InChI=1S/C7H11BO2/c1-3-7-5-4-6(2)10-8(7)9/h4-5,9H,3H2,1-2H3. The molecule has 0 unspecified atom stereocenters. The van der Waals surface area contributed by atoms with Crippen molar-refractivity contribution < 1.29 is 9.68 Å². The van der Waals surface area contributed by atoms with E-state index >= 15 is 0 Å². The topological polar surface area (TPSA) is 29.5 Å². The summed E-state index contributed by atoms with van der Waals surface area (Å²) in [5.74, 6) is 0.768. The first-order valence-electron chi connectivity index (χ1n) is 3.46. The van der Waals surface area contributed by atoms with Gasteiger partial charge in [0.1, 0.15) is 0 Å². The normalized spacial score (nSPS) is 17.7. The lowest BCUT2D eigenvalue weighted by molar-refractivity contribution is 0.343. The van der Waals surface area contributed by atoms with E-state index in [0.717, 1.165) is 17.7 Å². The van der Waals surface area contributed by atoms with Crippen molar-refractivity contribution in [1.82, 2.24) is 0 Å². The third kappa shape index (κ3) is 1.42. The Morgan fingerprint density at radius 3 is 2.80 bits per heavy atom. The number of hydrogen-bond acceptors (Lipinski definition) is 2. The molecule has 54 valence electrons. The molecule has 10 heavy (non-hydrogen) atoms. The lowest BCUT2D eigenvalue weighted by Gasteiger charge is -2.15. The first kappa shape index (κ1) is 7.41. The fourth-order valence-corrected chi connectivity index (χ4v) is 0.890. The third-order valence-electron chi connectivity index (χ3n) is 1.56. The predicted octanol–water partition coefficient (Wildman–Crippen LogP) is 1.28. The van der Waals surface area contributed by atoms with Gasteiger partial charge in [-0.05, 0) is 24.9 Å². The Labute approximate surface area is 61.3 Å². The Morgan fingerprint density at radius 1 is 1.60 bits per heavy atom. The molecule has 0 aromatic carbocycles. The monoisotopic (exact) mass is 138 g/mol. The minimum Gasteiger partial charge on any atom is -0.536 e. The molecule has 1 heterocycles. The van der Waals surface area contributed by atoms with Gasteiger partial charge in [-0.2, -0.15) is 0 Å². The summed E-state index contributed by atoms with van der Waals surface area (Å²) >= 11 is 0. The largest absolute Gasteiger partial charge is 0.555 e. The Bertz CT molecular complexity index is 184. The second-order valence-electron chi connectivity index (χ2n) is 2.34. The van der Waals surface area contributed by atoms with Gasteiger partial charge in [0.25, 0.3) is 0 Å². The highest BCUT2D eigenvalue weighted by Crippen LogP contribution is 2.14. The van der Waals surface area contributed by atoms with Crippen molar-refractivity contribution in [2.24, 2.45) is 0 Å². The Morgan fingerprint density at radius 2 is 2.30 bits per heavy atom. The molecule has 1 aliphatic heterocycles. The van der Waals surface area contributed by atoms with E-state index < -0.39 is 7.12 Å². The molecule has 1 aliphatic rings. The highest BCUT2D eigenvalue weighted by molar-refractivity contribution is 6.52. The molecule has 0 saturated heterocycles. The molecule has 0 amide bonds. The van der Waals surface area contributed by atoms with Gasteiger partial charge in [0.05, 0.1) is 5.76 Å². The fraction of sp³-hybridized carbons (Fsp3) is 0.429. The molecule has 0 spiro atoms. The molecule has 1 N–H and O–H groups in total. The second kappa shape index (κ2) is 2.93. The van der Waals surface area contributed by atoms with Crippen LogP contribution in [0.15, 0.2) is 23.4 Å². The van der Waals surface area contributed by atoms with Crippen LogP contribution in [0.4, 0.5) is 0 Å². The zero-order chi connectivity index (χ0) is 7.56. The van der Waals surface area contributed by atoms with Crippen molar-refractivity contribution in [3.63, 3.8) is 0 Å². The van der Waals surface area contributed by atoms with Crippen molar-refractivity contribution in [3.05, 3.63) is 23.4 Å². The van der Waals surface area contributed by atoms with Crippen LogP contribution in [-0.2, 0) is 4.65 Å². The highest BCUT2D eigenvalue weighted by atomic mass is 16.5. The lowest BCUT2D eigenvalue weighted by Crippen LogP contribution is -2.22. The average molecular weight is 138 g/mol. The van der Waals surface area contributed by atoms with E-state index in [4.69, 9.17) is 4.65 Å². The Kier molecular flexibility index (Phi) is 2.17. The van der Waals surface area contributed by atoms with Gasteiger partial charge in [0, 0.05) is 0 Å². The first-order chi connectivity index (χ1) is 4.74. The molecular formula is C7H11BO2. The zero-order valence-electron chi connectivity index (χ0n) is 6.29. The van der Waals surface area contributed by atoms with Gasteiger partial charge < -0.3 is 9.68 Å². The quantitative estimate of drug-likeness (QED) is 0.553. The molecule has 0 radical (unpaired) electrons. The summed E-state index contributed by atoms with van der Waals surface area (Å²) in [4.78, 5) is 0. The van der Waals surface area contributed by atoms with E-state index in [1.165, 1.54) is 0 Å². The maximum Gasteiger partial charge on any atom is 0.555 e. The van der Waals surface area contributed by atoms with Crippen LogP contribution in [0, 0.1) is 0 Å². The zero-order valence-corrected chi connectivity index (χ0v) is 6.29. The van der Waals surface area contributed by atoms with E-state index in [1.54, 1.807) is 0 Å². The van der Waals surface area contributed by atoms with Crippen molar-refractivity contribution in [2.45, 2.75) is 20.3 Å². The van der Waals surface area contributed by atoms with Crippen molar-refractivity contribution in [1.29, 1.82) is 0 Å². The van der Waals surface area contributed by atoms with Gasteiger partial charge >= 0.3 is 7.12 Å². The van der Waals surface area contributed by atoms with Crippen molar-refractivity contribution in [3.8, 4) is 0 Å². The molecule has 3 heteroatoms. The van der Waals surface area contributed by atoms with Gasteiger partial charge in [0.2, 0.25) is 0 Å². The number of allylic oxidation sites excluding steroid dienone is 4. The predicted molar refractivity (Wildman–Crippen MR) is 41.2 cm³/mol. The summed E-state index contributed by atoms with van der Waals surface area (Å²) in [7, 11) is -0.713. The molecule has 0 aliphatic carbocycles. The number of hydrogen-bond donors (Lipinski definition) is 1. The van der Waals surface area contributed by atoms with Crippen molar-refractivity contribution >= 4 is 7.12 Å². The molecule has 2 nitrogen and oxygen atoms in total. The third-order valence-corrected chi connectivity index (χ3v) is 1.56. The molecular weight excluding hydrogens is 127 g/mol. The van der Waals surface area contributed by atoms with Crippen LogP contribution in [0.1, 0.15) is 20.3 Å². The van der Waals surface area contributed by atoms with Crippen LogP contribution in [0.3, 0.4) is 0 Å². The summed E-state index contributed by atoms with van der Waals surface area (Å²) in [5.41, 5.74) is 0.936. The number of rotatable bonds is 1. The fourth-order valence-electron chi connectivity index (χ4n) is 0.890. The van der Waals surface area contributed by atoms with Crippen LogP contribution >= 0.6 is 0 Å². The molecule has 0 aromatic heterocycles. The van der Waals surface area contributed by atoms with E-state index in [0.29, 0.717) is 0 Å². The highest BCUT2D eigenvalue weighted by Gasteiger charge is 2.21. The van der Waals surface area contributed by atoms with Gasteiger partial charge in [-0.25, -0.2) is 0 Å². The minimum atomic E-state index is -0.713. The maximum absolute atomic E-state index is 9.21. The van der Waals surface area contributed by atoms with Gasteiger partial charge in [-0.3, -0.25) is 0 Å². The second-order valence-corrected chi connectivity index (χ2v) is 2.34. The van der Waals surface area contributed by atoms with Gasteiger partial charge in [-0.15, -0.1) is 0 Å². The van der Waals surface area contributed by atoms with Crippen LogP contribution < -0.4 is 0 Å². The summed E-state index contributed by atoms with van der Waals surface area (Å²) in [5, 5.41) is 9.21. The van der Waals surface area contributed by atoms with Gasteiger partial charge in [-0.1, -0.05) is 13.0 Å². The smallest absolute Gasteiger partial charge is 0.536 e. The molecule has 0 fully saturated rings. The molecule has 0 aromatic rings. The van der Waals surface area contributed by atoms with Crippen molar-refractivity contribution in [2.75, 3.05) is 0 Å². The Hall–Kier alpha value is -0.695. The maximum atomic E-state index is 9.21. The van der Waals surface area contributed by atoms with E-state index in [1.807, 2.05) is 26.0 Å². The van der Waals surface area contributed by atoms with E-state index in [-0.39, 0.29) is 0 Å². The van der Waals surface area contributed by atoms with E-state index in [2.05, 4.69) is 0 Å². The summed E-state index contributed by atoms with van der Waals surface area (Å²) in [6.45, 7) is 3.82. The average Bonchev–Trinajstić information content (AvgIpc) is 1.88. The molecule has 0 bridgehead atoms. The Balaban J connectivity index is 2.71. The molecule has 0 saturated carbocycles. The molecule has 0 atom stereocenters.